The summed E-state index contributed by atoms with van der Waals surface area (Å²) in [6, 6.07) is -0.0126. The number of hydrogen-bond donors (Lipinski definition) is 2. The van der Waals surface area contributed by atoms with Crippen molar-refractivity contribution >= 4 is 11.2 Å². The summed E-state index contributed by atoms with van der Waals surface area (Å²) in [7, 11) is 0. The minimum atomic E-state index is -0.189. The fourth-order valence-electron chi connectivity index (χ4n) is 1.76. The van der Waals surface area contributed by atoms with Gasteiger partial charge in [-0.15, -0.1) is 0 Å². The van der Waals surface area contributed by atoms with E-state index in [0.717, 1.165) is 11.9 Å². The van der Waals surface area contributed by atoms with Crippen LogP contribution in [-0.4, -0.2) is 32.6 Å². The first-order valence-corrected chi connectivity index (χ1v) is 4.88. The molecule has 0 radical (unpaired) electrons. The lowest BCUT2D eigenvalue weighted by molar-refractivity contribution is 0.0981. The maximum atomic E-state index is 5.90. The lowest BCUT2D eigenvalue weighted by atomic mass is 10.1. The Bertz CT molecular complexity index is 482. The second-order valence-electron chi connectivity index (χ2n) is 3.61. The summed E-state index contributed by atoms with van der Waals surface area (Å²) < 4.78 is 5.49. The minimum Gasteiger partial charge on any atom is -0.369 e. The quantitative estimate of drug-likeness (QED) is 0.691. The molecule has 0 aromatic carbocycles. The van der Waals surface area contributed by atoms with Crippen LogP contribution in [0.25, 0.3) is 11.2 Å². The SMILES string of the molecule is N[C@@H]1CCOC1c1ncc2[nH]cnc2n1. The van der Waals surface area contributed by atoms with Crippen molar-refractivity contribution in [3.8, 4) is 0 Å². The summed E-state index contributed by atoms with van der Waals surface area (Å²) >= 11 is 0. The van der Waals surface area contributed by atoms with Crippen LogP contribution < -0.4 is 5.73 Å². The molecule has 0 saturated carbocycles. The Hall–Kier alpha value is -1.53. The number of H-pyrrole nitrogens is 1. The van der Waals surface area contributed by atoms with E-state index in [9.17, 15) is 0 Å². The van der Waals surface area contributed by atoms with Gasteiger partial charge < -0.3 is 15.5 Å². The highest BCUT2D eigenvalue weighted by atomic mass is 16.5. The first-order chi connectivity index (χ1) is 7.34. The molecule has 3 rings (SSSR count). The average molecular weight is 205 g/mol. The van der Waals surface area contributed by atoms with Crippen LogP contribution in [0.5, 0.6) is 0 Å². The van der Waals surface area contributed by atoms with Crippen LogP contribution in [0.4, 0.5) is 0 Å². The number of nitrogens with two attached hydrogens (primary N) is 1. The van der Waals surface area contributed by atoms with Crippen LogP contribution >= 0.6 is 0 Å². The molecule has 0 bridgehead atoms. The van der Waals surface area contributed by atoms with Gasteiger partial charge in [0.05, 0.1) is 12.5 Å². The third-order valence-electron chi connectivity index (χ3n) is 2.59. The maximum Gasteiger partial charge on any atom is 0.180 e. The molecule has 6 heteroatoms. The lowest BCUT2D eigenvalue weighted by Crippen LogP contribution is -2.24. The first-order valence-electron chi connectivity index (χ1n) is 4.88. The van der Waals surface area contributed by atoms with E-state index in [1.807, 2.05) is 0 Å². The van der Waals surface area contributed by atoms with Crippen LogP contribution in [0.15, 0.2) is 12.5 Å². The van der Waals surface area contributed by atoms with Gasteiger partial charge in [0.15, 0.2) is 11.5 Å². The third kappa shape index (κ3) is 1.38. The van der Waals surface area contributed by atoms with Crippen molar-refractivity contribution in [2.24, 2.45) is 5.73 Å². The number of aromatic nitrogens is 4. The van der Waals surface area contributed by atoms with E-state index in [4.69, 9.17) is 10.5 Å². The molecule has 2 atom stereocenters. The van der Waals surface area contributed by atoms with Crippen molar-refractivity contribution in [3.63, 3.8) is 0 Å². The fraction of sp³-hybridized carbons (Fsp3) is 0.444. The Morgan fingerprint density at radius 1 is 1.47 bits per heavy atom. The Kier molecular flexibility index (Phi) is 1.90. The topological polar surface area (TPSA) is 89.7 Å². The zero-order valence-corrected chi connectivity index (χ0v) is 8.05. The molecule has 2 aromatic rings. The highest BCUT2D eigenvalue weighted by Crippen LogP contribution is 2.25. The molecule has 0 spiro atoms. The Labute approximate surface area is 85.9 Å². The molecule has 78 valence electrons. The zero-order chi connectivity index (χ0) is 10.3. The van der Waals surface area contributed by atoms with Gasteiger partial charge in [-0.2, -0.15) is 0 Å². The number of aromatic amines is 1. The smallest absolute Gasteiger partial charge is 0.180 e. The summed E-state index contributed by atoms with van der Waals surface area (Å²) in [5.41, 5.74) is 7.38. The molecule has 2 aromatic heterocycles. The van der Waals surface area contributed by atoms with Gasteiger partial charge in [-0.25, -0.2) is 15.0 Å². The Morgan fingerprint density at radius 3 is 3.20 bits per heavy atom. The molecule has 15 heavy (non-hydrogen) atoms. The van der Waals surface area contributed by atoms with Crippen LogP contribution in [0.1, 0.15) is 18.3 Å². The zero-order valence-electron chi connectivity index (χ0n) is 8.05. The number of nitrogens with zero attached hydrogens (tertiary/aromatic N) is 3. The monoisotopic (exact) mass is 205 g/mol. The number of hydrogen-bond acceptors (Lipinski definition) is 5. The van der Waals surface area contributed by atoms with E-state index in [1.54, 1.807) is 12.5 Å². The van der Waals surface area contributed by atoms with Gasteiger partial charge in [0, 0.05) is 12.6 Å². The van der Waals surface area contributed by atoms with Crippen molar-refractivity contribution in [1.82, 2.24) is 19.9 Å². The number of fused-ring (bicyclic) bond motifs is 1. The van der Waals surface area contributed by atoms with Crippen LogP contribution in [0.2, 0.25) is 0 Å². The van der Waals surface area contributed by atoms with Crippen LogP contribution in [0, 0.1) is 0 Å². The first kappa shape index (κ1) is 8.75. The molecule has 3 N–H and O–H groups in total. The summed E-state index contributed by atoms with van der Waals surface area (Å²) in [5, 5.41) is 0. The highest BCUT2D eigenvalue weighted by Gasteiger charge is 2.29. The summed E-state index contributed by atoms with van der Waals surface area (Å²) in [6.07, 6.45) is 3.97. The van der Waals surface area contributed by atoms with Gasteiger partial charge in [0.1, 0.15) is 11.6 Å². The number of nitrogens with one attached hydrogen (secondary N) is 1. The molecule has 0 amide bonds. The number of ether oxygens (including phenoxy) is 1. The maximum absolute atomic E-state index is 5.90. The molecule has 0 aliphatic carbocycles. The van der Waals surface area contributed by atoms with E-state index in [-0.39, 0.29) is 12.1 Å². The van der Waals surface area contributed by atoms with Gasteiger partial charge in [0.25, 0.3) is 0 Å². The Balaban J connectivity index is 2.03. The predicted molar refractivity (Wildman–Crippen MR) is 53.0 cm³/mol. The van der Waals surface area contributed by atoms with Crippen molar-refractivity contribution in [1.29, 1.82) is 0 Å². The molecular formula is C9H11N5O. The van der Waals surface area contributed by atoms with E-state index in [2.05, 4.69) is 19.9 Å². The lowest BCUT2D eigenvalue weighted by Gasteiger charge is -2.11. The van der Waals surface area contributed by atoms with Crippen molar-refractivity contribution in [3.05, 3.63) is 18.3 Å². The summed E-state index contributed by atoms with van der Waals surface area (Å²) in [5.74, 6) is 0.625. The second kappa shape index (κ2) is 3.25. The molecule has 1 aliphatic rings. The van der Waals surface area contributed by atoms with E-state index in [0.29, 0.717) is 18.1 Å². The summed E-state index contributed by atoms with van der Waals surface area (Å²) in [4.78, 5) is 15.5. The largest absolute Gasteiger partial charge is 0.369 e. The Morgan fingerprint density at radius 2 is 2.40 bits per heavy atom. The van der Waals surface area contributed by atoms with Gasteiger partial charge >= 0.3 is 0 Å². The van der Waals surface area contributed by atoms with E-state index < -0.39 is 0 Å². The predicted octanol–water partition coefficient (Wildman–Crippen LogP) is 0.142. The van der Waals surface area contributed by atoms with Crippen molar-refractivity contribution in [2.75, 3.05) is 6.61 Å². The van der Waals surface area contributed by atoms with Crippen LogP contribution in [0.3, 0.4) is 0 Å². The second-order valence-corrected chi connectivity index (χ2v) is 3.61. The highest BCUT2D eigenvalue weighted by molar-refractivity contribution is 5.68. The molecule has 3 heterocycles. The molecule has 1 unspecified atom stereocenters. The number of imidazole rings is 1. The molecule has 1 fully saturated rings. The fourth-order valence-corrected chi connectivity index (χ4v) is 1.76. The molecule has 1 aliphatic heterocycles. The standard InChI is InChI=1S/C9H11N5O/c10-5-1-2-15-7(5)9-11-3-6-8(14-9)13-4-12-6/h3-5,7H,1-2,10H2,(H,11,12,13,14)/t5-,7?/m1/s1. The van der Waals surface area contributed by atoms with Crippen molar-refractivity contribution in [2.45, 2.75) is 18.6 Å². The normalized spacial score (nSPS) is 26.2. The third-order valence-corrected chi connectivity index (χ3v) is 2.59. The van der Waals surface area contributed by atoms with E-state index >= 15 is 0 Å². The minimum absolute atomic E-state index is 0.0126. The van der Waals surface area contributed by atoms with Gasteiger partial charge in [-0.1, -0.05) is 0 Å². The summed E-state index contributed by atoms with van der Waals surface area (Å²) in [6.45, 7) is 0.674. The van der Waals surface area contributed by atoms with Gasteiger partial charge in [-0.3, -0.25) is 0 Å². The molecule has 1 saturated heterocycles. The van der Waals surface area contributed by atoms with Crippen molar-refractivity contribution < 1.29 is 4.74 Å². The molecular weight excluding hydrogens is 194 g/mol. The van der Waals surface area contributed by atoms with Gasteiger partial charge in [0.2, 0.25) is 0 Å². The molecule has 6 nitrogen and oxygen atoms in total. The average Bonchev–Trinajstić information content (AvgIpc) is 2.84. The van der Waals surface area contributed by atoms with Crippen LogP contribution in [-0.2, 0) is 4.74 Å². The number of rotatable bonds is 1. The van der Waals surface area contributed by atoms with E-state index in [1.165, 1.54) is 0 Å². The van der Waals surface area contributed by atoms with Gasteiger partial charge in [-0.05, 0) is 6.42 Å².